The third-order valence-electron chi connectivity index (χ3n) is 8.74. The summed E-state index contributed by atoms with van der Waals surface area (Å²) in [5.74, 6) is -2.46. The Hall–Kier alpha value is -3.49. The van der Waals surface area contributed by atoms with Crippen LogP contribution in [0.3, 0.4) is 0 Å². The van der Waals surface area contributed by atoms with E-state index in [1.54, 1.807) is 26.8 Å². The van der Waals surface area contributed by atoms with Gasteiger partial charge < -0.3 is 56.0 Å². The smallest absolute Gasteiger partial charge is 0.478 e. The van der Waals surface area contributed by atoms with Crippen molar-refractivity contribution in [3.05, 3.63) is 36.5 Å². The lowest BCUT2D eigenvalue weighted by atomic mass is 9.84. The molecule has 1 aliphatic heterocycles. The summed E-state index contributed by atoms with van der Waals surface area (Å²) in [6.07, 6.45) is -3.15. The van der Waals surface area contributed by atoms with Gasteiger partial charge in [-0.3, -0.25) is 32.5 Å². The number of phosphoric ester groups is 3. The number of thioether (sulfide) groups is 1. The molecule has 30 heteroatoms. The van der Waals surface area contributed by atoms with E-state index in [2.05, 4.69) is 34.4 Å². The molecule has 11 N–H and O–H groups in total. The monoisotopic (exact) mass is 947 g/mol. The molecule has 0 radical (unpaired) electrons. The summed E-state index contributed by atoms with van der Waals surface area (Å²) in [4.78, 5) is 98.9. The number of hydrogen-bond donors (Lipinski definition) is 10. The van der Waals surface area contributed by atoms with Crippen LogP contribution in [0, 0.1) is 10.8 Å². The summed E-state index contributed by atoms with van der Waals surface area (Å²) in [6.45, 7) is 5.36. The molecule has 2 amide bonds. The molecule has 1 saturated heterocycles. The standard InChI is InChI=1S/C31H48N7O19P3S/c1-17(12-20(40)41)30(2,3)8-6-21(42)61-11-10-33-19(39)7-9-34-28(45)25(44)31(4,5)14-54-60(51,52)57-59(49,50)53-13-18-24(56-58(46,47)48)23(43)29(55-18)38-16-37-22-26(32)35-15-36-27(22)38/h6,8,12,15-16,18,23-25,29,43-44H,7,9-11,13-14H2,1-5H3,(H,33,39)(H,34,45)(H,40,41)(H,49,50)(H,51,52)(H2,32,35,36)(H2,46,47,48)/b8-6+,17-12-/t18-,23-,24-,25+,29-/m1/s1. The number of anilines is 1. The van der Waals surface area contributed by atoms with Gasteiger partial charge in [0.2, 0.25) is 16.9 Å². The number of allylic oxidation sites excluding steroid dienone is 2. The molecule has 3 rings (SSSR count). The summed E-state index contributed by atoms with van der Waals surface area (Å²) < 4.78 is 62.2. The van der Waals surface area contributed by atoms with Gasteiger partial charge in [0.25, 0.3) is 0 Å². The molecular formula is C31H48N7O19P3S. The van der Waals surface area contributed by atoms with Crippen LogP contribution in [0.15, 0.2) is 36.5 Å². The number of fused-ring (bicyclic) bond motifs is 1. The average molecular weight is 948 g/mol. The van der Waals surface area contributed by atoms with Crippen molar-refractivity contribution in [3.8, 4) is 0 Å². The Morgan fingerprint density at radius 2 is 1.69 bits per heavy atom. The summed E-state index contributed by atoms with van der Waals surface area (Å²) in [5.41, 5.74) is 4.06. The van der Waals surface area contributed by atoms with Gasteiger partial charge in [-0.25, -0.2) is 33.4 Å². The van der Waals surface area contributed by atoms with Crippen LogP contribution in [-0.2, 0) is 55.5 Å². The summed E-state index contributed by atoms with van der Waals surface area (Å²) in [7, 11) is -16.5. The number of aliphatic hydroxyl groups excluding tert-OH is 2. The van der Waals surface area contributed by atoms with Crippen LogP contribution in [0.1, 0.15) is 47.3 Å². The minimum atomic E-state index is -5.60. The van der Waals surface area contributed by atoms with E-state index in [1.807, 2.05) is 0 Å². The number of rotatable bonds is 23. The number of nitrogens with one attached hydrogen (secondary N) is 2. The predicted molar refractivity (Wildman–Crippen MR) is 211 cm³/mol. The quantitative estimate of drug-likeness (QED) is 0.0406. The minimum Gasteiger partial charge on any atom is -0.478 e. The largest absolute Gasteiger partial charge is 0.481 e. The first-order valence-corrected chi connectivity index (χ1v) is 23.2. The van der Waals surface area contributed by atoms with Crippen molar-refractivity contribution in [1.82, 2.24) is 30.2 Å². The van der Waals surface area contributed by atoms with Gasteiger partial charge in [-0.2, -0.15) is 4.31 Å². The number of ether oxygens (including phenoxy) is 1. The van der Waals surface area contributed by atoms with E-state index < -0.39 is 95.9 Å². The molecule has 2 aromatic rings. The third kappa shape index (κ3) is 16.0. The second-order valence-corrected chi connectivity index (χ2v) is 19.8. The second kappa shape index (κ2) is 21.3. The van der Waals surface area contributed by atoms with Gasteiger partial charge in [0.15, 0.2) is 17.7 Å². The van der Waals surface area contributed by atoms with Gasteiger partial charge in [-0.15, -0.1) is 0 Å². The van der Waals surface area contributed by atoms with E-state index >= 15 is 0 Å². The van der Waals surface area contributed by atoms with E-state index in [0.29, 0.717) is 5.57 Å². The number of carboxylic acids is 1. The molecular weight excluding hydrogens is 899 g/mol. The van der Waals surface area contributed by atoms with Crippen molar-refractivity contribution in [2.75, 3.05) is 37.8 Å². The number of nitrogens with two attached hydrogens (primary N) is 1. The normalized spacial score (nSPS) is 21.5. The predicted octanol–water partition coefficient (Wildman–Crippen LogP) is 0.278. The second-order valence-electron chi connectivity index (χ2n) is 14.5. The Bertz CT molecular complexity index is 2130. The lowest BCUT2D eigenvalue weighted by Gasteiger charge is -2.30. The highest BCUT2D eigenvalue weighted by atomic mass is 32.2. The molecule has 3 heterocycles. The van der Waals surface area contributed by atoms with Crippen LogP contribution in [-0.4, -0.2) is 134 Å². The fraction of sp³-hybridized carbons (Fsp3) is 0.581. The topological polar surface area (TPSA) is 401 Å². The molecule has 0 saturated carbocycles. The highest BCUT2D eigenvalue weighted by Crippen LogP contribution is 2.61. The van der Waals surface area contributed by atoms with E-state index in [1.165, 1.54) is 19.9 Å². The molecule has 0 bridgehead atoms. The Kier molecular flexibility index (Phi) is 18.1. The van der Waals surface area contributed by atoms with Crippen LogP contribution < -0.4 is 16.4 Å². The van der Waals surface area contributed by atoms with Crippen molar-refractivity contribution >= 4 is 75.1 Å². The van der Waals surface area contributed by atoms with E-state index in [0.717, 1.165) is 35.1 Å². The third-order valence-corrected chi connectivity index (χ3v) is 12.7. The maximum Gasteiger partial charge on any atom is 0.481 e. The number of aromatic nitrogens is 4. The molecule has 2 aromatic heterocycles. The lowest BCUT2D eigenvalue weighted by Crippen LogP contribution is -2.46. The van der Waals surface area contributed by atoms with E-state index in [4.69, 9.17) is 24.6 Å². The first-order valence-electron chi connectivity index (χ1n) is 17.7. The van der Waals surface area contributed by atoms with Gasteiger partial charge in [-0.1, -0.05) is 51.1 Å². The van der Waals surface area contributed by atoms with Crippen molar-refractivity contribution < 1.29 is 90.4 Å². The van der Waals surface area contributed by atoms with Crippen LogP contribution in [0.4, 0.5) is 5.82 Å². The molecule has 1 fully saturated rings. The molecule has 0 aromatic carbocycles. The zero-order chi connectivity index (χ0) is 46.1. The number of imidazole rings is 1. The Morgan fingerprint density at radius 3 is 2.33 bits per heavy atom. The number of carbonyl (C=O) groups is 4. The number of hydrogen-bond acceptors (Lipinski definition) is 19. The number of amides is 2. The first-order chi connectivity index (χ1) is 28.0. The summed E-state index contributed by atoms with van der Waals surface area (Å²) in [5, 5.41) is 35.0. The number of nitrogens with zero attached hydrogens (tertiary/aromatic N) is 4. The van der Waals surface area contributed by atoms with Crippen molar-refractivity contribution in [1.29, 1.82) is 0 Å². The molecule has 0 spiro atoms. The Morgan fingerprint density at radius 1 is 1.03 bits per heavy atom. The molecule has 61 heavy (non-hydrogen) atoms. The van der Waals surface area contributed by atoms with Crippen LogP contribution >= 0.6 is 35.2 Å². The SMILES string of the molecule is C/C(=C/C(=O)O)C(C)(C)/C=C/C(=O)SCCNC(=O)CCNC(=O)[C@H](O)C(C)(C)COP(=O)(O)OP(=O)(O)OC[C@H]1O[C@@H](n2cnc3c(N)ncnc32)[C@H](O)[C@@H]1OP(=O)(O)O. The first kappa shape index (κ1) is 51.9. The van der Waals surface area contributed by atoms with Crippen LogP contribution in [0.25, 0.3) is 11.2 Å². The average Bonchev–Trinajstić information content (AvgIpc) is 3.70. The highest BCUT2D eigenvalue weighted by molar-refractivity contribution is 8.14. The molecule has 1 aliphatic rings. The van der Waals surface area contributed by atoms with Crippen LogP contribution in [0.5, 0.6) is 0 Å². The number of carbonyl (C=O) groups excluding carboxylic acids is 3. The minimum absolute atomic E-state index is 0.0194. The number of aliphatic hydroxyl groups is 2. The van der Waals surface area contributed by atoms with Crippen molar-refractivity contribution in [2.24, 2.45) is 10.8 Å². The molecule has 0 aliphatic carbocycles. The number of carboxylic acid groups (broad SMARTS) is 1. The van der Waals surface area contributed by atoms with E-state index in [9.17, 15) is 62.7 Å². The zero-order valence-corrected chi connectivity index (χ0v) is 36.7. The molecule has 7 atom stereocenters. The van der Waals surface area contributed by atoms with Gasteiger partial charge in [0, 0.05) is 42.2 Å². The molecule has 26 nitrogen and oxygen atoms in total. The maximum atomic E-state index is 12.7. The van der Waals surface area contributed by atoms with E-state index in [-0.39, 0.29) is 47.4 Å². The number of phosphoric acid groups is 3. The fourth-order valence-corrected chi connectivity index (χ4v) is 8.51. The van der Waals surface area contributed by atoms with Gasteiger partial charge >= 0.3 is 29.4 Å². The van der Waals surface area contributed by atoms with Gasteiger partial charge in [0.1, 0.15) is 36.3 Å². The fourth-order valence-electron chi connectivity index (χ4n) is 5.11. The summed E-state index contributed by atoms with van der Waals surface area (Å²) >= 11 is 0.914. The van der Waals surface area contributed by atoms with Gasteiger partial charge in [-0.05, 0) is 13.0 Å². The number of nitrogen functional groups attached to an aromatic ring is 1. The van der Waals surface area contributed by atoms with Crippen molar-refractivity contribution in [3.63, 3.8) is 0 Å². The highest BCUT2D eigenvalue weighted by Gasteiger charge is 2.50. The molecule has 342 valence electrons. The zero-order valence-electron chi connectivity index (χ0n) is 33.2. The van der Waals surface area contributed by atoms with Crippen molar-refractivity contribution in [2.45, 2.75) is 71.7 Å². The van der Waals surface area contributed by atoms with Gasteiger partial charge in [0.05, 0.1) is 19.5 Å². The Balaban J connectivity index is 1.45. The number of aliphatic carboxylic acids is 1. The lowest BCUT2D eigenvalue weighted by molar-refractivity contribution is -0.137. The summed E-state index contributed by atoms with van der Waals surface area (Å²) in [6, 6.07) is 0. The van der Waals surface area contributed by atoms with Crippen LogP contribution in [0.2, 0.25) is 0 Å². The Labute approximate surface area is 351 Å². The molecule has 2 unspecified atom stereocenters. The maximum absolute atomic E-state index is 12.7.